The van der Waals surface area contributed by atoms with Gasteiger partial charge in [0.25, 0.3) is 0 Å². The highest BCUT2D eigenvalue weighted by Gasteiger charge is 2.23. The van der Waals surface area contributed by atoms with Crippen LogP contribution in [0.3, 0.4) is 0 Å². The summed E-state index contributed by atoms with van der Waals surface area (Å²) >= 11 is 0. The van der Waals surface area contributed by atoms with Gasteiger partial charge in [0.15, 0.2) is 9.84 Å². The lowest BCUT2D eigenvalue weighted by atomic mass is 10.3. The van der Waals surface area contributed by atoms with E-state index in [2.05, 4.69) is 0 Å². The van der Waals surface area contributed by atoms with Gasteiger partial charge in [0.05, 0.1) is 12.4 Å². The molecule has 0 atom stereocenters. The second-order valence-electron chi connectivity index (χ2n) is 2.86. The fourth-order valence-electron chi connectivity index (χ4n) is 1.10. The summed E-state index contributed by atoms with van der Waals surface area (Å²) in [6.07, 6.45) is 0. The van der Waals surface area contributed by atoms with Crippen LogP contribution in [0.15, 0.2) is 17.0 Å². The van der Waals surface area contributed by atoms with Gasteiger partial charge in [-0.1, -0.05) is 0 Å². The minimum atomic E-state index is -4.14. The molecule has 4 nitrogen and oxygen atoms in total. The van der Waals surface area contributed by atoms with Crippen molar-refractivity contribution in [3.63, 3.8) is 0 Å². The summed E-state index contributed by atoms with van der Waals surface area (Å²) in [6.45, 7) is -0.703. The predicted molar refractivity (Wildman–Crippen MR) is 49.9 cm³/mol. The topological polar surface area (TPSA) is 80.4 Å². The van der Waals surface area contributed by atoms with Crippen LogP contribution < -0.4 is 5.73 Å². The normalized spacial score (nSPS) is 11.7. The molecule has 15 heavy (non-hydrogen) atoms. The molecule has 0 aromatic heterocycles. The zero-order valence-corrected chi connectivity index (χ0v) is 8.39. The van der Waals surface area contributed by atoms with E-state index in [4.69, 9.17) is 10.8 Å². The lowest BCUT2D eigenvalue weighted by molar-refractivity contribution is 0.319. The van der Waals surface area contributed by atoms with Crippen molar-refractivity contribution < 1.29 is 22.3 Å². The minimum absolute atomic E-state index is 0.201. The third kappa shape index (κ3) is 2.42. The van der Waals surface area contributed by atoms with E-state index in [0.29, 0.717) is 12.1 Å². The second kappa shape index (κ2) is 4.11. The number of aliphatic hydroxyl groups is 1. The molecule has 0 spiro atoms. The Hall–Kier alpha value is -1.21. The number of halogens is 2. The summed E-state index contributed by atoms with van der Waals surface area (Å²) in [5.41, 5.74) is 4.92. The Labute approximate surface area is 85.3 Å². The maximum Gasteiger partial charge on any atom is 0.186 e. The van der Waals surface area contributed by atoms with Crippen LogP contribution in [0.4, 0.5) is 14.5 Å². The molecule has 0 bridgehead atoms. The Balaban J connectivity index is 3.38. The van der Waals surface area contributed by atoms with Gasteiger partial charge in [-0.05, 0) is 12.1 Å². The van der Waals surface area contributed by atoms with Crippen molar-refractivity contribution >= 4 is 15.5 Å². The molecule has 3 N–H and O–H groups in total. The fraction of sp³-hybridized carbons (Fsp3) is 0.250. The molecule has 0 fully saturated rings. The summed E-state index contributed by atoms with van der Waals surface area (Å²) in [7, 11) is -4.14. The molecular formula is C8H9F2NO3S. The van der Waals surface area contributed by atoms with Crippen LogP contribution in [0.5, 0.6) is 0 Å². The number of rotatable bonds is 3. The van der Waals surface area contributed by atoms with Gasteiger partial charge >= 0.3 is 0 Å². The van der Waals surface area contributed by atoms with E-state index in [1.165, 1.54) is 0 Å². The van der Waals surface area contributed by atoms with E-state index in [-0.39, 0.29) is 5.69 Å². The van der Waals surface area contributed by atoms with Gasteiger partial charge in [0.2, 0.25) is 0 Å². The number of nitrogens with two attached hydrogens (primary N) is 1. The molecule has 0 aliphatic rings. The van der Waals surface area contributed by atoms with Crippen molar-refractivity contribution in [3.05, 3.63) is 23.8 Å². The second-order valence-corrected chi connectivity index (χ2v) is 4.90. The standard InChI is InChI=1S/C8H9F2NO3S/c9-6-3-5(11)4-7(10)8(6)15(13,14)2-1-12/h3-4,12H,1-2,11H2. The lowest BCUT2D eigenvalue weighted by Crippen LogP contribution is -2.14. The van der Waals surface area contributed by atoms with E-state index in [0.717, 1.165) is 0 Å². The van der Waals surface area contributed by atoms with Gasteiger partial charge in [-0.15, -0.1) is 0 Å². The Bertz CT molecular complexity index is 450. The molecule has 84 valence electrons. The first kappa shape index (κ1) is 11.9. The smallest absolute Gasteiger partial charge is 0.186 e. The molecule has 0 unspecified atom stereocenters. The van der Waals surface area contributed by atoms with Crippen molar-refractivity contribution in [1.29, 1.82) is 0 Å². The highest BCUT2D eigenvalue weighted by Crippen LogP contribution is 2.22. The number of benzene rings is 1. The lowest BCUT2D eigenvalue weighted by Gasteiger charge is -2.06. The number of sulfone groups is 1. The third-order valence-electron chi connectivity index (χ3n) is 1.69. The van der Waals surface area contributed by atoms with Crippen molar-refractivity contribution in [2.75, 3.05) is 18.1 Å². The van der Waals surface area contributed by atoms with Crippen molar-refractivity contribution in [3.8, 4) is 0 Å². The third-order valence-corrected chi connectivity index (χ3v) is 3.42. The molecule has 1 rings (SSSR count). The van der Waals surface area contributed by atoms with Crippen LogP contribution in [0, 0.1) is 11.6 Å². The monoisotopic (exact) mass is 237 g/mol. The molecular weight excluding hydrogens is 228 g/mol. The summed E-state index contributed by atoms with van der Waals surface area (Å²) in [5, 5.41) is 8.45. The molecule has 0 heterocycles. The van der Waals surface area contributed by atoms with Gasteiger partial charge < -0.3 is 10.8 Å². The molecule has 0 aliphatic heterocycles. The largest absolute Gasteiger partial charge is 0.399 e. The molecule has 0 aliphatic carbocycles. The molecule has 0 saturated heterocycles. The first-order valence-electron chi connectivity index (χ1n) is 3.96. The van der Waals surface area contributed by atoms with E-state index >= 15 is 0 Å². The molecule has 7 heteroatoms. The number of hydrogen-bond donors (Lipinski definition) is 2. The highest BCUT2D eigenvalue weighted by atomic mass is 32.2. The summed E-state index contributed by atoms with van der Waals surface area (Å²) in [4.78, 5) is -1.05. The van der Waals surface area contributed by atoms with Crippen LogP contribution in [-0.4, -0.2) is 25.9 Å². The predicted octanol–water partition coefficient (Wildman–Crippen LogP) is 0.313. The van der Waals surface area contributed by atoms with Crippen molar-refractivity contribution in [1.82, 2.24) is 0 Å². The first-order valence-corrected chi connectivity index (χ1v) is 5.62. The fourth-order valence-corrected chi connectivity index (χ4v) is 2.26. The van der Waals surface area contributed by atoms with Crippen LogP contribution in [0.25, 0.3) is 0 Å². The quantitative estimate of drug-likeness (QED) is 0.741. The zero-order chi connectivity index (χ0) is 11.6. The van der Waals surface area contributed by atoms with Gasteiger partial charge in [-0.25, -0.2) is 17.2 Å². The molecule has 0 radical (unpaired) electrons. The summed E-state index contributed by atoms with van der Waals surface area (Å²) in [6, 6.07) is 1.43. The van der Waals surface area contributed by atoms with Gasteiger partial charge in [-0.3, -0.25) is 0 Å². The Morgan fingerprint density at radius 2 is 1.73 bits per heavy atom. The van der Waals surface area contributed by atoms with Crippen molar-refractivity contribution in [2.45, 2.75) is 4.90 Å². The Morgan fingerprint density at radius 1 is 1.27 bits per heavy atom. The van der Waals surface area contributed by atoms with Crippen molar-refractivity contribution in [2.24, 2.45) is 0 Å². The average Bonchev–Trinajstić information content (AvgIpc) is 1.99. The molecule has 1 aromatic carbocycles. The van der Waals surface area contributed by atoms with Crippen LogP contribution in [0.2, 0.25) is 0 Å². The molecule has 0 amide bonds. The first-order chi connectivity index (χ1) is 6.88. The van der Waals surface area contributed by atoms with E-state index < -0.39 is 38.7 Å². The minimum Gasteiger partial charge on any atom is -0.399 e. The van der Waals surface area contributed by atoms with Gasteiger partial charge in [0.1, 0.15) is 16.5 Å². The van der Waals surface area contributed by atoms with Crippen LogP contribution in [-0.2, 0) is 9.84 Å². The van der Waals surface area contributed by atoms with Gasteiger partial charge in [0, 0.05) is 5.69 Å². The summed E-state index contributed by atoms with van der Waals surface area (Å²) in [5.74, 6) is -3.23. The number of hydrogen-bond acceptors (Lipinski definition) is 4. The zero-order valence-electron chi connectivity index (χ0n) is 7.57. The van der Waals surface area contributed by atoms with Gasteiger partial charge in [-0.2, -0.15) is 0 Å². The maximum atomic E-state index is 13.1. The van der Waals surface area contributed by atoms with Crippen LogP contribution >= 0.6 is 0 Å². The number of anilines is 1. The van der Waals surface area contributed by atoms with E-state index in [1.54, 1.807) is 0 Å². The Kier molecular flexibility index (Phi) is 3.25. The Morgan fingerprint density at radius 3 is 2.13 bits per heavy atom. The average molecular weight is 237 g/mol. The van der Waals surface area contributed by atoms with E-state index in [1.807, 2.05) is 0 Å². The highest BCUT2D eigenvalue weighted by molar-refractivity contribution is 7.91. The number of nitrogen functional groups attached to an aromatic ring is 1. The molecule has 1 aromatic rings. The maximum absolute atomic E-state index is 13.1. The summed E-state index contributed by atoms with van der Waals surface area (Å²) < 4.78 is 48.9. The van der Waals surface area contributed by atoms with Crippen LogP contribution in [0.1, 0.15) is 0 Å². The SMILES string of the molecule is Nc1cc(F)c(S(=O)(=O)CCO)c(F)c1. The number of aliphatic hydroxyl groups excluding tert-OH is 1. The molecule has 0 saturated carbocycles. The van der Waals surface area contributed by atoms with E-state index in [9.17, 15) is 17.2 Å².